The summed E-state index contributed by atoms with van der Waals surface area (Å²) in [6.07, 6.45) is -9.17. The second-order valence-electron chi connectivity index (χ2n) is 12.5. The molecule has 18 heteroatoms. The van der Waals surface area contributed by atoms with Crippen LogP contribution < -0.4 is 15.5 Å². The molecule has 0 aliphatic carbocycles. The normalized spacial score (nSPS) is 19.2. The molecule has 3 N–H and O–H groups in total. The Morgan fingerprint density at radius 2 is 1.81 bits per heavy atom. The van der Waals surface area contributed by atoms with Gasteiger partial charge in [-0.05, 0) is 61.6 Å². The summed E-state index contributed by atoms with van der Waals surface area (Å²) in [5.74, 6) is -2.17. The average molecular weight is 736 g/mol. The fourth-order valence-corrected chi connectivity index (χ4v) is 6.26. The number of nitrogens with zero attached hydrogens (tertiary/aromatic N) is 6. The molecule has 1 saturated heterocycles. The third-order valence-electron chi connectivity index (χ3n) is 8.92. The van der Waals surface area contributed by atoms with E-state index in [1.54, 1.807) is 13.0 Å². The van der Waals surface area contributed by atoms with Crippen molar-refractivity contribution >= 4 is 23.4 Å². The van der Waals surface area contributed by atoms with Crippen LogP contribution in [0.1, 0.15) is 84.5 Å². The number of carboxylic acid groups (broad SMARTS) is 1. The van der Waals surface area contributed by atoms with Crippen LogP contribution in [-0.2, 0) is 33.0 Å². The van der Waals surface area contributed by atoms with Crippen LogP contribution in [0.3, 0.4) is 0 Å². The fraction of sp³-hybridized carbons (Fsp3) is 0.471. The number of nitrogens with two attached hydrogens (primary N) is 1. The minimum Gasteiger partial charge on any atom is -0.481 e. The molecule has 12 nitrogen and oxygen atoms in total. The molecule has 2 atom stereocenters. The van der Waals surface area contributed by atoms with E-state index >= 15 is 0 Å². The van der Waals surface area contributed by atoms with Crippen LogP contribution in [-0.4, -0.2) is 70.7 Å². The van der Waals surface area contributed by atoms with E-state index in [0.717, 1.165) is 23.1 Å². The van der Waals surface area contributed by atoms with Gasteiger partial charge in [0.1, 0.15) is 17.2 Å². The lowest BCUT2D eigenvalue weighted by atomic mass is 9.83. The van der Waals surface area contributed by atoms with Gasteiger partial charge in [-0.2, -0.15) is 31.6 Å². The molecule has 0 spiro atoms. The molecule has 52 heavy (non-hydrogen) atoms. The zero-order valence-electron chi connectivity index (χ0n) is 27.9. The third-order valence-corrected chi connectivity index (χ3v) is 8.92. The Balaban J connectivity index is 1.61. The van der Waals surface area contributed by atoms with Gasteiger partial charge >= 0.3 is 24.4 Å². The van der Waals surface area contributed by atoms with Gasteiger partial charge in [0.2, 0.25) is 0 Å². The maximum Gasteiger partial charge on any atom is 0.433 e. The highest BCUT2D eigenvalue weighted by Crippen LogP contribution is 2.46. The zero-order valence-corrected chi connectivity index (χ0v) is 27.9. The highest BCUT2D eigenvalue weighted by atomic mass is 19.4. The number of carbonyl (C=O) groups excluding carboxylic acids is 1. The molecule has 1 amide bonds. The lowest BCUT2D eigenvalue weighted by Crippen LogP contribution is -2.62. The molecule has 1 fully saturated rings. The van der Waals surface area contributed by atoms with Gasteiger partial charge < -0.3 is 25.2 Å². The Kier molecular flexibility index (Phi) is 11.2. The number of alkyl halides is 6. The number of rotatable bonds is 10. The molecule has 5 rings (SSSR count). The van der Waals surface area contributed by atoms with Crippen LogP contribution in [0, 0.1) is 11.3 Å². The molecule has 3 aromatic rings. The Labute approximate surface area is 294 Å². The smallest absolute Gasteiger partial charge is 0.433 e. The first-order valence-corrected chi connectivity index (χ1v) is 16.4. The number of amides is 1. The number of benzene rings is 1. The summed E-state index contributed by atoms with van der Waals surface area (Å²) >= 11 is 0. The summed E-state index contributed by atoms with van der Waals surface area (Å²) in [4.78, 5) is 40.5. The van der Waals surface area contributed by atoms with Gasteiger partial charge in [0.05, 0.1) is 71.9 Å². The van der Waals surface area contributed by atoms with Crippen molar-refractivity contribution in [2.45, 2.75) is 69.4 Å². The molecule has 0 radical (unpaired) electrons. The monoisotopic (exact) mass is 735 g/mol. The summed E-state index contributed by atoms with van der Waals surface area (Å²) in [6.45, 7) is 3.00. The highest BCUT2D eigenvalue weighted by Gasteiger charge is 2.48. The number of ether oxygens (including phenoxy) is 2. The van der Waals surface area contributed by atoms with E-state index in [9.17, 15) is 41.2 Å². The number of halogens is 6. The van der Waals surface area contributed by atoms with Crippen molar-refractivity contribution in [3.63, 3.8) is 0 Å². The molecule has 278 valence electrons. The van der Waals surface area contributed by atoms with Crippen LogP contribution in [0.4, 0.5) is 42.5 Å². The predicted octanol–water partition coefficient (Wildman–Crippen LogP) is 6.01. The van der Waals surface area contributed by atoms with Crippen molar-refractivity contribution in [3.05, 3.63) is 76.1 Å². The van der Waals surface area contributed by atoms with Crippen LogP contribution in [0.15, 0.2) is 36.5 Å². The Bertz CT molecular complexity index is 1840. The molecule has 0 saturated carbocycles. The Hall–Kier alpha value is -5.02. The molecule has 0 unspecified atom stereocenters. The first kappa shape index (κ1) is 38.2. The molecule has 2 aliphatic heterocycles. The van der Waals surface area contributed by atoms with Gasteiger partial charge in [-0.15, -0.1) is 0 Å². The van der Waals surface area contributed by atoms with Crippen LogP contribution in [0.5, 0.6) is 0 Å². The second-order valence-corrected chi connectivity index (χ2v) is 12.5. The van der Waals surface area contributed by atoms with Gasteiger partial charge in [0.25, 0.3) is 0 Å². The number of aliphatic carboxylic acids is 1. The third kappa shape index (κ3) is 8.53. The van der Waals surface area contributed by atoms with Crippen LogP contribution >= 0.6 is 0 Å². The number of hydrogen-bond acceptors (Lipinski definition) is 10. The molecule has 2 aliphatic rings. The van der Waals surface area contributed by atoms with Crippen LogP contribution in [0.25, 0.3) is 0 Å². The number of nitriles is 1. The zero-order chi connectivity index (χ0) is 37.8. The number of fused-ring (bicyclic) bond motifs is 1. The van der Waals surface area contributed by atoms with E-state index in [0.29, 0.717) is 38.1 Å². The van der Waals surface area contributed by atoms with Gasteiger partial charge in [-0.3, -0.25) is 9.69 Å². The standard InChI is InChI=1S/C34H35F6N7O5/c1-2-32(42)17-23(29-25(6-7-27(45-29)34(38,39)40)47(32)31(50)52-10-4-3-5-28(48)49)30-43-19-26(46-8-11-51-12-9-46)24(44-30)16-20-13-21(18-41)15-22(14-20)33(35,36)37/h6-7,13-15,19,23H,2-5,8-12,16-17,42H2,1H3,(H,48,49)/t23-,32+/m0/s1. The Morgan fingerprint density at radius 3 is 2.44 bits per heavy atom. The second kappa shape index (κ2) is 15.3. The van der Waals surface area contributed by atoms with E-state index in [1.807, 2.05) is 4.90 Å². The number of carbonyl (C=O) groups is 2. The average Bonchev–Trinajstić information content (AvgIpc) is 3.10. The molecule has 2 aromatic heterocycles. The number of pyridine rings is 1. The number of morpholine rings is 1. The summed E-state index contributed by atoms with van der Waals surface area (Å²) in [5.41, 5.74) is 3.28. The van der Waals surface area contributed by atoms with E-state index < -0.39 is 47.3 Å². The molecule has 4 heterocycles. The van der Waals surface area contributed by atoms with Gasteiger partial charge in [-0.25, -0.2) is 19.7 Å². The predicted molar refractivity (Wildman–Crippen MR) is 172 cm³/mol. The van der Waals surface area contributed by atoms with Gasteiger partial charge in [0, 0.05) is 25.9 Å². The SMILES string of the molecule is CC[C@]1(N)C[C@H](c2ncc(N3CCOCC3)c(Cc3cc(C#N)cc(C(F)(F)F)c3)n2)c2nc(C(F)(F)F)ccc2N1C(=O)OCCCCC(=O)O. The van der Waals surface area contributed by atoms with Crippen molar-refractivity contribution in [2.24, 2.45) is 5.73 Å². The molecule has 1 aromatic carbocycles. The van der Waals surface area contributed by atoms with Crippen molar-refractivity contribution in [3.8, 4) is 6.07 Å². The number of hydrogen-bond donors (Lipinski definition) is 2. The number of aromatic nitrogens is 3. The first-order valence-electron chi connectivity index (χ1n) is 16.4. The topological polar surface area (TPSA) is 168 Å². The van der Waals surface area contributed by atoms with E-state index in [2.05, 4.69) is 9.97 Å². The maximum absolute atomic E-state index is 14.0. The summed E-state index contributed by atoms with van der Waals surface area (Å²) < 4.78 is 94.2. The summed E-state index contributed by atoms with van der Waals surface area (Å²) in [7, 11) is 0. The summed E-state index contributed by atoms with van der Waals surface area (Å²) in [5, 5.41) is 18.3. The quantitative estimate of drug-likeness (QED) is 0.185. The van der Waals surface area contributed by atoms with E-state index in [4.69, 9.17) is 25.3 Å². The van der Waals surface area contributed by atoms with Crippen molar-refractivity contribution < 1.29 is 50.5 Å². The largest absolute Gasteiger partial charge is 0.481 e. The van der Waals surface area contributed by atoms with E-state index in [1.165, 1.54) is 12.3 Å². The lowest BCUT2D eigenvalue weighted by Gasteiger charge is -2.46. The van der Waals surface area contributed by atoms with Gasteiger partial charge in [0.15, 0.2) is 0 Å². The molecule has 0 bridgehead atoms. The number of anilines is 2. The highest BCUT2D eigenvalue weighted by molar-refractivity contribution is 5.91. The van der Waals surface area contributed by atoms with E-state index in [-0.39, 0.29) is 79.2 Å². The Morgan fingerprint density at radius 1 is 1.08 bits per heavy atom. The first-order chi connectivity index (χ1) is 24.5. The molecular weight excluding hydrogens is 700 g/mol. The van der Waals surface area contributed by atoms with Crippen molar-refractivity contribution in [2.75, 3.05) is 42.7 Å². The van der Waals surface area contributed by atoms with Gasteiger partial charge in [-0.1, -0.05) is 6.92 Å². The maximum atomic E-state index is 14.0. The minimum atomic E-state index is -4.87. The van der Waals surface area contributed by atoms with Crippen molar-refractivity contribution in [1.82, 2.24) is 15.0 Å². The van der Waals surface area contributed by atoms with Crippen LogP contribution in [0.2, 0.25) is 0 Å². The fourth-order valence-electron chi connectivity index (χ4n) is 6.26. The van der Waals surface area contributed by atoms with Crippen molar-refractivity contribution in [1.29, 1.82) is 5.26 Å². The summed E-state index contributed by atoms with van der Waals surface area (Å²) in [6, 6.07) is 6.47. The number of unbranched alkanes of at least 4 members (excludes halogenated alkanes) is 1. The minimum absolute atomic E-state index is 0.0301. The molecular formula is C34H35F6N7O5. The number of carboxylic acids is 1. The lowest BCUT2D eigenvalue weighted by molar-refractivity contribution is -0.141.